The molecule has 0 radical (unpaired) electrons. The van der Waals surface area contributed by atoms with Crippen LogP contribution in [0.2, 0.25) is 0 Å². The van der Waals surface area contributed by atoms with Crippen molar-refractivity contribution in [3.63, 3.8) is 0 Å². The van der Waals surface area contributed by atoms with Crippen molar-refractivity contribution in [1.29, 1.82) is 0 Å². The van der Waals surface area contributed by atoms with Crippen LogP contribution in [-0.2, 0) is 9.59 Å². The van der Waals surface area contributed by atoms with E-state index in [2.05, 4.69) is 5.32 Å². The molecule has 0 saturated heterocycles. The van der Waals surface area contributed by atoms with Crippen molar-refractivity contribution in [2.45, 2.75) is 70.8 Å². The van der Waals surface area contributed by atoms with Crippen LogP contribution >= 0.6 is 0 Å². The number of amides is 1. The Morgan fingerprint density at radius 2 is 1.70 bits per heavy atom. The van der Waals surface area contributed by atoms with Crippen molar-refractivity contribution in [3.05, 3.63) is 0 Å². The zero-order valence-electron chi connectivity index (χ0n) is 12.4. The van der Waals surface area contributed by atoms with Crippen molar-refractivity contribution in [2.24, 2.45) is 17.8 Å². The fourth-order valence-corrected chi connectivity index (χ4v) is 3.68. The first kappa shape index (κ1) is 15.3. The molecule has 0 bridgehead atoms. The van der Waals surface area contributed by atoms with Gasteiger partial charge in [0.1, 0.15) is 0 Å². The van der Waals surface area contributed by atoms with Gasteiger partial charge in [0, 0.05) is 12.0 Å². The Morgan fingerprint density at radius 3 is 2.25 bits per heavy atom. The van der Waals surface area contributed by atoms with Crippen molar-refractivity contribution in [2.75, 3.05) is 0 Å². The van der Waals surface area contributed by atoms with Gasteiger partial charge in [0.05, 0.1) is 5.92 Å². The highest BCUT2D eigenvalue weighted by Gasteiger charge is 2.28. The molecule has 0 aromatic carbocycles. The largest absolute Gasteiger partial charge is 0.481 e. The first-order valence-corrected chi connectivity index (χ1v) is 8.09. The highest BCUT2D eigenvalue weighted by molar-refractivity contribution is 5.78. The van der Waals surface area contributed by atoms with Crippen LogP contribution in [0.3, 0.4) is 0 Å². The molecule has 1 amide bonds. The molecule has 2 saturated carbocycles. The van der Waals surface area contributed by atoms with E-state index in [1.807, 2.05) is 6.92 Å². The third-order valence-corrected chi connectivity index (χ3v) is 5.03. The van der Waals surface area contributed by atoms with E-state index >= 15 is 0 Å². The lowest BCUT2D eigenvalue weighted by molar-refractivity contribution is -0.142. The first-order chi connectivity index (χ1) is 9.56. The minimum Gasteiger partial charge on any atom is -0.481 e. The van der Waals surface area contributed by atoms with E-state index in [0.717, 1.165) is 25.2 Å². The van der Waals surface area contributed by atoms with Gasteiger partial charge < -0.3 is 10.4 Å². The summed E-state index contributed by atoms with van der Waals surface area (Å²) in [7, 11) is 0. The molecule has 1 unspecified atom stereocenters. The van der Waals surface area contributed by atoms with Gasteiger partial charge in [-0.05, 0) is 38.0 Å². The number of rotatable bonds is 5. The number of carbonyl (C=O) groups excluding carboxylic acids is 1. The van der Waals surface area contributed by atoms with Crippen molar-refractivity contribution >= 4 is 11.9 Å². The zero-order valence-corrected chi connectivity index (χ0v) is 12.4. The number of carboxylic acid groups (broad SMARTS) is 1. The van der Waals surface area contributed by atoms with Gasteiger partial charge in [-0.25, -0.2) is 0 Å². The van der Waals surface area contributed by atoms with E-state index in [1.165, 1.54) is 25.7 Å². The van der Waals surface area contributed by atoms with E-state index in [9.17, 15) is 9.59 Å². The molecule has 4 nitrogen and oxygen atoms in total. The van der Waals surface area contributed by atoms with Gasteiger partial charge in [-0.3, -0.25) is 9.59 Å². The Bertz CT molecular complexity index is 342. The first-order valence-electron chi connectivity index (χ1n) is 8.09. The summed E-state index contributed by atoms with van der Waals surface area (Å²) >= 11 is 0. The number of hydrogen-bond acceptors (Lipinski definition) is 2. The second-order valence-electron chi connectivity index (χ2n) is 6.68. The molecule has 0 aromatic rings. The lowest BCUT2D eigenvalue weighted by atomic mass is 9.85. The van der Waals surface area contributed by atoms with Gasteiger partial charge in [-0.2, -0.15) is 0 Å². The molecule has 1 atom stereocenters. The van der Waals surface area contributed by atoms with E-state index in [1.54, 1.807) is 0 Å². The summed E-state index contributed by atoms with van der Waals surface area (Å²) in [6, 6.07) is 0.184. The van der Waals surface area contributed by atoms with Crippen molar-refractivity contribution in [3.8, 4) is 0 Å². The van der Waals surface area contributed by atoms with Crippen LogP contribution < -0.4 is 5.32 Å². The van der Waals surface area contributed by atoms with E-state index in [4.69, 9.17) is 5.11 Å². The van der Waals surface area contributed by atoms with Crippen molar-refractivity contribution < 1.29 is 14.7 Å². The van der Waals surface area contributed by atoms with Crippen LogP contribution in [0.4, 0.5) is 0 Å². The normalized spacial score (nSPS) is 29.1. The predicted molar refractivity (Wildman–Crippen MR) is 77.3 cm³/mol. The van der Waals surface area contributed by atoms with Gasteiger partial charge in [0.2, 0.25) is 5.91 Å². The lowest BCUT2D eigenvalue weighted by Gasteiger charge is -2.28. The van der Waals surface area contributed by atoms with Crippen molar-refractivity contribution in [1.82, 2.24) is 5.32 Å². The fourth-order valence-electron chi connectivity index (χ4n) is 3.68. The maximum atomic E-state index is 12.2. The quantitative estimate of drug-likeness (QED) is 0.814. The summed E-state index contributed by atoms with van der Waals surface area (Å²) in [5, 5.41) is 12.1. The Morgan fingerprint density at radius 1 is 1.10 bits per heavy atom. The average molecular weight is 281 g/mol. The monoisotopic (exact) mass is 281 g/mol. The van der Waals surface area contributed by atoms with E-state index in [-0.39, 0.29) is 23.8 Å². The second kappa shape index (κ2) is 7.09. The molecule has 2 rings (SSSR count). The number of carboxylic acids is 1. The Kier molecular flexibility index (Phi) is 5.44. The van der Waals surface area contributed by atoms with Crippen LogP contribution in [-0.4, -0.2) is 23.0 Å². The molecule has 0 spiro atoms. The van der Waals surface area contributed by atoms with Crippen LogP contribution in [0.5, 0.6) is 0 Å². The van der Waals surface area contributed by atoms with Gasteiger partial charge in [-0.1, -0.05) is 32.6 Å². The summed E-state index contributed by atoms with van der Waals surface area (Å²) < 4.78 is 0. The highest BCUT2D eigenvalue weighted by atomic mass is 16.4. The third-order valence-electron chi connectivity index (χ3n) is 5.03. The minimum atomic E-state index is -0.690. The van der Waals surface area contributed by atoms with Gasteiger partial charge in [-0.15, -0.1) is 0 Å². The average Bonchev–Trinajstić information content (AvgIpc) is 2.92. The number of nitrogens with one attached hydrogen (secondary N) is 1. The predicted octanol–water partition coefficient (Wildman–Crippen LogP) is 2.96. The summed E-state index contributed by atoms with van der Waals surface area (Å²) in [5.74, 6) is 0.0907. The minimum absolute atomic E-state index is 0.0929. The lowest BCUT2D eigenvalue weighted by Crippen LogP contribution is -2.41. The van der Waals surface area contributed by atoms with Gasteiger partial charge in [0.25, 0.3) is 0 Å². The summed E-state index contributed by atoms with van der Waals surface area (Å²) in [4.78, 5) is 23.1. The summed E-state index contributed by atoms with van der Waals surface area (Å²) in [6.07, 6.45) is 9.20. The van der Waals surface area contributed by atoms with Crippen LogP contribution in [0.1, 0.15) is 64.7 Å². The standard InChI is InChI=1S/C16H27NO3/c1-11(10-12-4-2-3-5-12)15(18)17-14-8-6-13(7-9-14)16(19)20/h11-14H,2-10H2,1H3,(H,17,18)(H,19,20). The highest BCUT2D eigenvalue weighted by Crippen LogP contribution is 2.30. The van der Waals surface area contributed by atoms with Gasteiger partial charge >= 0.3 is 5.97 Å². The SMILES string of the molecule is CC(CC1CCCC1)C(=O)NC1CCC(C(=O)O)CC1. The second-order valence-corrected chi connectivity index (χ2v) is 6.68. The molecular formula is C16H27NO3. The molecule has 2 aliphatic carbocycles. The molecular weight excluding hydrogens is 254 g/mol. The zero-order chi connectivity index (χ0) is 14.5. The van der Waals surface area contributed by atoms with E-state index in [0.29, 0.717) is 12.8 Å². The maximum absolute atomic E-state index is 12.2. The third kappa shape index (κ3) is 4.22. The summed E-state index contributed by atoms with van der Waals surface area (Å²) in [6.45, 7) is 2.02. The van der Waals surface area contributed by atoms with Crippen LogP contribution in [0.25, 0.3) is 0 Å². The number of aliphatic carboxylic acids is 1. The molecule has 4 heteroatoms. The molecule has 2 fully saturated rings. The molecule has 2 N–H and O–H groups in total. The molecule has 2 aliphatic rings. The topological polar surface area (TPSA) is 66.4 Å². The summed E-state index contributed by atoms with van der Waals surface area (Å²) in [5.41, 5.74) is 0. The molecule has 0 aromatic heterocycles. The molecule has 0 aliphatic heterocycles. The molecule has 114 valence electrons. The molecule has 20 heavy (non-hydrogen) atoms. The van der Waals surface area contributed by atoms with Gasteiger partial charge in [0.15, 0.2) is 0 Å². The van der Waals surface area contributed by atoms with Crippen LogP contribution in [0, 0.1) is 17.8 Å². The Hall–Kier alpha value is -1.06. The Balaban J connectivity index is 1.70. The smallest absolute Gasteiger partial charge is 0.306 e. The number of carbonyl (C=O) groups is 2. The molecule has 0 heterocycles. The maximum Gasteiger partial charge on any atom is 0.306 e. The number of hydrogen-bond donors (Lipinski definition) is 2. The Labute approximate surface area is 121 Å². The van der Waals surface area contributed by atoms with Crippen LogP contribution in [0.15, 0.2) is 0 Å². The van der Waals surface area contributed by atoms with E-state index < -0.39 is 5.97 Å². The fraction of sp³-hybridized carbons (Fsp3) is 0.875.